The van der Waals surface area contributed by atoms with Crippen molar-refractivity contribution in [3.63, 3.8) is 0 Å². The van der Waals surface area contributed by atoms with Gasteiger partial charge in [0.05, 0.1) is 31.8 Å². The van der Waals surface area contributed by atoms with E-state index in [0.29, 0.717) is 30.2 Å². The number of β-amino-alcohol motifs (C(OH)–C–C–N with tert-alkyl or cyclic N) is 1. The van der Waals surface area contributed by atoms with Crippen LogP contribution in [0.1, 0.15) is 5.56 Å². The van der Waals surface area contributed by atoms with Gasteiger partial charge in [0.1, 0.15) is 0 Å². The zero-order valence-electron chi connectivity index (χ0n) is 13.5. The van der Waals surface area contributed by atoms with Crippen molar-refractivity contribution in [1.82, 2.24) is 9.80 Å². The number of rotatable bonds is 7. The highest BCUT2D eigenvalue weighted by atomic mass is 16.6. The van der Waals surface area contributed by atoms with E-state index in [2.05, 4.69) is 9.80 Å². The molecule has 0 bridgehead atoms. The second-order valence-electron chi connectivity index (χ2n) is 5.43. The Morgan fingerprint density at radius 3 is 2.22 bits per heavy atom. The predicted octanol–water partition coefficient (Wildman–Crippen LogP) is 0.722. The monoisotopic (exact) mass is 325 g/mol. The van der Waals surface area contributed by atoms with Gasteiger partial charge in [0, 0.05) is 44.8 Å². The standard InChI is InChI=1S/C15H23N3O5/c1-22-14-9-12(13(18(20)21)10-15(14)23-2)11-17-5-3-16(4-6-17)7-8-19/h9-10,19H,3-8,11H2,1-2H3. The minimum absolute atomic E-state index is 0.0421. The van der Waals surface area contributed by atoms with Crippen LogP contribution >= 0.6 is 0 Å². The van der Waals surface area contributed by atoms with Crippen LogP contribution in [0, 0.1) is 10.1 Å². The number of nitro benzene ring substituents is 1. The molecule has 1 aromatic carbocycles. The van der Waals surface area contributed by atoms with Crippen LogP contribution in [0.2, 0.25) is 0 Å². The Morgan fingerprint density at radius 2 is 1.70 bits per heavy atom. The van der Waals surface area contributed by atoms with Gasteiger partial charge in [-0.3, -0.25) is 19.9 Å². The van der Waals surface area contributed by atoms with E-state index in [0.717, 1.165) is 26.2 Å². The first kappa shape index (κ1) is 17.5. The fourth-order valence-electron chi connectivity index (χ4n) is 2.76. The van der Waals surface area contributed by atoms with Crippen LogP contribution in [0.5, 0.6) is 11.5 Å². The average Bonchev–Trinajstić information content (AvgIpc) is 2.56. The number of aliphatic hydroxyl groups is 1. The van der Waals surface area contributed by atoms with Gasteiger partial charge in [0.15, 0.2) is 11.5 Å². The Morgan fingerprint density at radius 1 is 1.13 bits per heavy atom. The number of nitrogens with zero attached hydrogens (tertiary/aromatic N) is 3. The minimum atomic E-state index is -0.390. The maximum Gasteiger partial charge on any atom is 0.277 e. The lowest BCUT2D eigenvalue weighted by Gasteiger charge is -2.34. The molecule has 1 aromatic rings. The molecule has 0 unspecified atom stereocenters. The number of nitro groups is 1. The Kier molecular flexibility index (Phi) is 6.14. The van der Waals surface area contributed by atoms with Gasteiger partial charge in [-0.05, 0) is 6.07 Å². The van der Waals surface area contributed by atoms with Crippen molar-refractivity contribution in [2.75, 3.05) is 53.6 Å². The number of aliphatic hydroxyl groups excluding tert-OH is 1. The molecule has 8 heteroatoms. The molecule has 23 heavy (non-hydrogen) atoms. The number of hydrogen-bond acceptors (Lipinski definition) is 7. The molecule has 0 amide bonds. The molecule has 0 atom stereocenters. The summed E-state index contributed by atoms with van der Waals surface area (Å²) in [5, 5.41) is 20.3. The molecule has 8 nitrogen and oxygen atoms in total. The molecule has 1 N–H and O–H groups in total. The van der Waals surface area contributed by atoms with Crippen LogP contribution in [-0.2, 0) is 6.54 Å². The van der Waals surface area contributed by atoms with Crippen molar-refractivity contribution in [1.29, 1.82) is 0 Å². The van der Waals surface area contributed by atoms with Crippen LogP contribution in [0.25, 0.3) is 0 Å². The first-order chi connectivity index (χ1) is 11.1. The van der Waals surface area contributed by atoms with Crippen LogP contribution in [0.15, 0.2) is 12.1 Å². The highest BCUT2D eigenvalue weighted by Crippen LogP contribution is 2.35. The molecule has 0 radical (unpaired) electrons. The zero-order chi connectivity index (χ0) is 16.8. The number of ether oxygens (including phenoxy) is 2. The van der Waals surface area contributed by atoms with Crippen molar-refractivity contribution in [3.8, 4) is 11.5 Å². The number of methoxy groups -OCH3 is 2. The lowest BCUT2D eigenvalue weighted by molar-refractivity contribution is -0.385. The lowest BCUT2D eigenvalue weighted by Crippen LogP contribution is -2.46. The topological polar surface area (TPSA) is 88.3 Å². The molecule has 1 saturated heterocycles. The summed E-state index contributed by atoms with van der Waals surface area (Å²) in [7, 11) is 2.97. The van der Waals surface area contributed by atoms with Gasteiger partial charge >= 0.3 is 0 Å². The SMILES string of the molecule is COc1cc(CN2CCN(CCO)CC2)c([N+](=O)[O-])cc1OC. The van der Waals surface area contributed by atoms with Crippen molar-refractivity contribution >= 4 is 5.69 Å². The smallest absolute Gasteiger partial charge is 0.277 e. The Balaban J connectivity index is 2.14. The van der Waals surface area contributed by atoms with Crippen LogP contribution in [-0.4, -0.2) is 73.4 Å². The van der Waals surface area contributed by atoms with Gasteiger partial charge in [-0.15, -0.1) is 0 Å². The summed E-state index contributed by atoms with van der Waals surface area (Å²) in [5.41, 5.74) is 0.656. The summed E-state index contributed by atoms with van der Waals surface area (Å²) >= 11 is 0. The van der Waals surface area contributed by atoms with Gasteiger partial charge in [-0.1, -0.05) is 0 Å². The van der Waals surface area contributed by atoms with E-state index >= 15 is 0 Å². The first-order valence-electron chi connectivity index (χ1n) is 7.54. The summed E-state index contributed by atoms with van der Waals surface area (Å²) in [5.74, 6) is 0.850. The predicted molar refractivity (Wildman–Crippen MR) is 85.0 cm³/mol. The first-order valence-corrected chi connectivity index (χ1v) is 7.54. The van der Waals surface area contributed by atoms with E-state index in [9.17, 15) is 10.1 Å². The summed E-state index contributed by atoms with van der Waals surface area (Å²) < 4.78 is 10.4. The summed E-state index contributed by atoms with van der Waals surface area (Å²) in [4.78, 5) is 15.3. The van der Waals surface area contributed by atoms with Gasteiger partial charge in [0.25, 0.3) is 5.69 Å². The fourth-order valence-corrected chi connectivity index (χ4v) is 2.76. The third-order valence-corrected chi connectivity index (χ3v) is 4.06. The summed E-state index contributed by atoms with van der Waals surface area (Å²) in [6, 6.07) is 3.09. The molecule has 0 saturated carbocycles. The highest BCUT2D eigenvalue weighted by Gasteiger charge is 2.23. The van der Waals surface area contributed by atoms with Crippen molar-refractivity contribution in [2.45, 2.75) is 6.54 Å². The van der Waals surface area contributed by atoms with Crippen LogP contribution < -0.4 is 9.47 Å². The van der Waals surface area contributed by atoms with E-state index in [4.69, 9.17) is 14.6 Å². The third-order valence-electron chi connectivity index (χ3n) is 4.06. The fraction of sp³-hybridized carbons (Fsp3) is 0.600. The quantitative estimate of drug-likeness (QED) is 0.584. The minimum Gasteiger partial charge on any atom is -0.493 e. The molecule has 0 aliphatic carbocycles. The number of benzene rings is 1. The van der Waals surface area contributed by atoms with Crippen molar-refractivity contribution in [2.24, 2.45) is 0 Å². The van der Waals surface area contributed by atoms with Crippen LogP contribution in [0.3, 0.4) is 0 Å². The maximum atomic E-state index is 11.3. The largest absolute Gasteiger partial charge is 0.493 e. The van der Waals surface area contributed by atoms with Gasteiger partial charge < -0.3 is 14.6 Å². The van der Waals surface area contributed by atoms with Gasteiger partial charge in [0.2, 0.25) is 0 Å². The van der Waals surface area contributed by atoms with E-state index in [-0.39, 0.29) is 17.2 Å². The average molecular weight is 325 g/mol. The summed E-state index contributed by atoms with van der Waals surface area (Å²) in [6.45, 7) is 4.63. The Labute approximate surface area is 135 Å². The number of piperazine rings is 1. The number of hydrogen-bond donors (Lipinski definition) is 1. The van der Waals surface area contributed by atoms with E-state index in [1.807, 2.05) is 0 Å². The second kappa shape index (κ2) is 8.09. The molecule has 1 aliphatic rings. The highest BCUT2D eigenvalue weighted by molar-refractivity contribution is 5.54. The third kappa shape index (κ3) is 4.31. The molecule has 2 rings (SSSR count). The van der Waals surface area contributed by atoms with E-state index in [1.54, 1.807) is 6.07 Å². The molecular weight excluding hydrogens is 302 g/mol. The molecule has 1 heterocycles. The van der Waals surface area contributed by atoms with E-state index < -0.39 is 0 Å². The second-order valence-corrected chi connectivity index (χ2v) is 5.43. The van der Waals surface area contributed by atoms with Gasteiger partial charge in [-0.25, -0.2) is 0 Å². The molecule has 128 valence electrons. The van der Waals surface area contributed by atoms with E-state index in [1.165, 1.54) is 20.3 Å². The molecular formula is C15H23N3O5. The van der Waals surface area contributed by atoms with Gasteiger partial charge in [-0.2, -0.15) is 0 Å². The molecule has 1 fully saturated rings. The molecule has 0 spiro atoms. The Bertz CT molecular complexity index is 544. The maximum absolute atomic E-state index is 11.3. The van der Waals surface area contributed by atoms with Crippen molar-refractivity contribution < 1.29 is 19.5 Å². The molecule has 1 aliphatic heterocycles. The van der Waals surface area contributed by atoms with Crippen LogP contribution in [0.4, 0.5) is 5.69 Å². The normalized spacial score (nSPS) is 16.3. The molecule has 0 aromatic heterocycles. The van der Waals surface area contributed by atoms with Crippen molar-refractivity contribution in [3.05, 3.63) is 27.8 Å². The Hall–Kier alpha value is -1.90. The zero-order valence-corrected chi connectivity index (χ0v) is 13.5. The summed E-state index contributed by atoms with van der Waals surface area (Å²) in [6.07, 6.45) is 0. The lowest BCUT2D eigenvalue weighted by atomic mass is 10.1.